The van der Waals surface area contributed by atoms with Crippen molar-refractivity contribution in [2.75, 3.05) is 6.26 Å². The smallest absolute Gasteiger partial charge is 0.266 e. The van der Waals surface area contributed by atoms with Crippen LogP contribution in [0, 0.1) is 0 Å². The molecular formula is C12H7N3OS3. The fourth-order valence-electron chi connectivity index (χ4n) is 2.03. The first-order valence-electron chi connectivity index (χ1n) is 5.53. The van der Waals surface area contributed by atoms with Crippen LogP contribution in [0.25, 0.3) is 25.3 Å². The molecule has 0 saturated heterocycles. The summed E-state index contributed by atoms with van der Waals surface area (Å²) in [7, 11) is 0. The van der Waals surface area contributed by atoms with Gasteiger partial charge in [-0.05, 0) is 12.3 Å². The van der Waals surface area contributed by atoms with Crippen LogP contribution < -0.4 is 5.56 Å². The number of nitrogens with zero attached hydrogens (tertiary/aromatic N) is 3. The minimum atomic E-state index is -0.0715. The largest absolute Gasteiger partial charge is 0.293 e. The lowest BCUT2D eigenvalue weighted by molar-refractivity contribution is 0.872. The summed E-state index contributed by atoms with van der Waals surface area (Å²) in [4.78, 5) is 17.7. The Morgan fingerprint density at radius 2 is 2.11 bits per heavy atom. The Kier molecular flexibility index (Phi) is 2.41. The topological polar surface area (TPSA) is 47.3 Å². The van der Waals surface area contributed by atoms with Gasteiger partial charge in [0.25, 0.3) is 5.56 Å². The van der Waals surface area contributed by atoms with Crippen molar-refractivity contribution >= 4 is 59.7 Å². The Morgan fingerprint density at radius 3 is 2.95 bits per heavy atom. The van der Waals surface area contributed by atoms with Gasteiger partial charge in [-0.1, -0.05) is 41.3 Å². The maximum Gasteiger partial charge on any atom is 0.293 e. The molecular weight excluding hydrogens is 298 g/mol. The van der Waals surface area contributed by atoms with Crippen LogP contribution >= 0.6 is 34.4 Å². The molecule has 0 atom stereocenters. The van der Waals surface area contributed by atoms with E-state index >= 15 is 0 Å². The molecule has 0 amide bonds. The molecule has 3 aromatic heterocycles. The van der Waals surface area contributed by atoms with E-state index in [0.29, 0.717) is 9.66 Å². The van der Waals surface area contributed by atoms with Gasteiger partial charge in [0.2, 0.25) is 4.96 Å². The van der Waals surface area contributed by atoms with Gasteiger partial charge >= 0.3 is 0 Å². The third kappa shape index (κ3) is 1.55. The fraction of sp³-hybridized carbons (Fsp3) is 0.0833. The van der Waals surface area contributed by atoms with E-state index in [1.807, 2.05) is 30.5 Å². The lowest BCUT2D eigenvalue weighted by Crippen LogP contribution is -2.13. The second-order valence-corrected chi connectivity index (χ2v) is 7.02. The van der Waals surface area contributed by atoms with Gasteiger partial charge in [0, 0.05) is 10.1 Å². The highest BCUT2D eigenvalue weighted by molar-refractivity contribution is 8.00. The zero-order valence-corrected chi connectivity index (χ0v) is 12.2. The highest BCUT2D eigenvalue weighted by Gasteiger charge is 2.14. The molecule has 0 saturated carbocycles. The first-order valence-corrected chi connectivity index (χ1v) is 8.39. The minimum Gasteiger partial charge on any atom is -0.266 e. The van der Waals surface area contributed by atoms with Gasteiger partial charge in [0.1, 0.15) is 4.70 Å². The summed E-state index contributed by atoms with van der Waals surface area (Å²) in [5, 5.41) is 5.32. The molecule has 1 aromatic carbocycles. The van der Waals surface area contributed by atoms with Crippen LogP contribution in [0.1, 0.15) is 0 Å². The highest BCUT2D eigenvalue weighted by Crippen LogP contribution is 2.31. The molecule has 0 aliphatic carbocycles. The Bertz CT molecular complexity index is 982. The van der Waals surface area contributed by atoms with Gasteiger partial charge in [-0.3, -0.25) is 4.79 Å². The molecule has 4 rings (SSSR count). The second-order valence-electron chi connectivity index (χ2n) is 3.96. The fourth-order valence-corrected chi connectivity index (χ4v) is 4.44. The van der Waals surface area contributed by atoms with Crippen molar-refractivity contribution in [1.82, 2.24) is 14.6 Å². The second kappa shape index (κ2) is 4.03. The average molecular weight is 305 g/mol. The van der Waals surface area contributed by atoms with Crippen molar-refractivity contribution < 1.29 is 0 Å². The predicted octanol–water partition coefficient (Wildman–Crippen LogP) is 3.24. The van der Waals surface area contributed by atoms with Crippen LogP contribution in [0.3, 0.4) is 0 Å². The first kappa shape index (κ1) is 11.4. The first-order chi connectivity index (χ1) is 9.28. The van der Waals surface area contributed by atoms with E-state index in [-0.39, 0.29) is 5.56 Å². The number of benzene rings is 1. The molecule has 19 heavy (non-hydrogen) atoms. The third-order valence-corrected chi connectivity index (χ3v) is 5.91. The zero-order valence-electron chi connectivity index (χ0n) is 9.78. The van der Waals surface area contributed by atoms with E-state index in [1.165, 1.54) is 39.0 Å². The van der Waals surface area contributed by atoms with E-state index in [1.54, 1.807) is 0 Å². The summed E-state index contributed by atoms with van der Waals surface area (Å²) >= 11 is 4.46. The Hall–Kier alpha value is -1.44. The Labute approximate surface area is 119 Å². The molecule has 0 aliphatic rings. The molecule has 4 aromatic rings. The summed E-state index contributed by atoms with van der Waals surface area (Å²) in [5.74, 6) is 0. The molecule has 7 heteroatoms. The molecule has 94 valence electrons. The lowest BCUT2D eigenvalue weighted by Gasteiger charge is -1.91. The van der Waals surface area contributed by atoms with Gasteiger partial charge in [-0.25, -0.2) is 4.98 Å². The maximum atomic E-state index is 12.5. The van der Waals surface area contributed by atoms with Gasteiger partial charge in [-0.15, -0.1) is 16.4 Å². The monoisotopic (exact) mass is 305 g/mol. The van der Waals surface area contributed by atoms with Crippen molar-refractivity contribution in [1.29, 1.82) is 0 Å². The van der Waals surface area contributed by atoms with Gasteiger partial charge in [0.05, 0.1) is 5.52 Å². The SMILES string of the molecule is CSc1nn2c(=O)c3sc4ccccc4c3nc2s1. The van der Waals surface area contributed by atoms with Gasteiger partial charge in [-0.2, -0.15) is 4.52 Å². The quantitative estimate of drug-likeness (QED) is 0.507. The van der Waals surface area contributed by atoms with Crippen LogP contribution in [-0.4, -0.2) is 20.9 Å². The van der Waals surface area contributed by atoms with Crippen molar-refractivity contribution in [3.63, 3.8) is 0 Å². The summed E-state index contributed by atoms with van der Waals surface area (Å²) in [5.41, 5.74) is 0.722. The average Bonchev–Trinajstić information content (AvgIpc) is 3.01. The number of hydrogen-bond donors (Lipinski definition) is 0. The van der Waals surface area contributed by atoms with Crippen LogP contribution in [0.15, 0.2) is 33.4 Å². The van der Waals surface area contributed by atoms with Crippen molar-refractivity contribution in [2.45, 2.75) is 4.34 Å². The number of rotatable bonds is 1. The number of thioether (sulfide) groups is 1. The molecule has 0 fully saturated rings. The van der Waals surface area contributed by atoms with E-state index in [9.17, 15) is 4.79 Å². The summed E-state index contributed by atoms with van der Waals surface area (Å²) in [6, 6.07) is 7.97. The van der Waals surface area contributed by atoms with Crippen LogP contribution in [-0.2, 0) is 0 Å². The van der Waals surface area contributed by atoms with Crippen LogP contribution in [0.5, 0.6) is 0 Å². The highest BCUT2D eigenvalue weighted by atomic mass is 32.2. The summed E-state index contributed by atoms with van der Waals surface area (Å²) in [6.07, 6.45) is 1.94. The number of fused-ring (bicyclic) bond motifs is 4. The maximum absolute atomic E-state index is 12.5. The van der Waals surface area contributed by atoms with Gasteiger partial charge < -0.3 is 0 Å². The minimum absolute atomic E-state index is 0.0715. The molecule has 3 heterocycles. The van der Waals surface area contributed by atoms with E-state index < -0.39 is 0 Å². The normalized spacial score (nSPS) is 11.8. The van der Waals surface area contributed by atoms with Gasteiger partial charge in [0.15, 0.2) is 4.34 Å². The number of hydrogen-bond acceptors (Lipinski definition) is 6. The summed E-state index contributed by atoms with van der Waals surface area (Å²) in [6.45, 7) is 0. The van der Waals surface area contributed by atoms with Crippen molar-refractivity contribution in [2.24, 2.45) is 0 Å². The van der Waals surface area contributed by atoms with Crippen molar-refractivity contribution in [3.8, 4) is 0 Å². The van der Waals surface area contributed by atoms with E-state index in [2.05, 4.69) is 10.1 Å². The third-order valence-electron chi connectivity index (χ3n) is 2.88. The molecule has 0 N–H and O–H groups in total. The zero-order chi connectivity index (χ0) is 13.0. The van der Waals surface area contributed by atoms with E-state index in [4.69, 9.17) is 0 Å². The molecule has 0 bridgehead atoms. The van der Waals surface area contributed by atoms with Crippen LogP contribution in [0.4, 0.5) is 0 Å². The molecule has 4 nitrogen and oxygen atoms in total. The molecule has 0 unspecified atom stereocenters. The van der Waals surface area contributed by atoms with Crippen LogP contribution in [0.2, 0.25) is 0 Å². The number of thiophene rings is 1. The summed E-state index contributed by atoms with van der Waals surface area (Å²) < 4.78 is 4.03. The standard InChI is InChI=1S/C12H7N3OS3/c1-17-12-14-15-10(16)9-8(13-11(15)19-12)6-4-2-3-5-7(6)18-9/h2-5H,1H3. The molecule has 0 aliphatic heterocycles. The number of aromatic nitrogens is 3. The molecule has 0 spiro atoms. The van der Waals surface area contributed by atoms with Crippen molar-refractivity contribution in [3.05, 3.63) is 34.6 Å². The Morgan fingerprint density at radius 1 is 1.26 bits per heavy atom. The molecule has 0 radical (unpaired) electrons. The predicted molar refractivity (Wildman–Crippen MR) is 81.8 cm³/mol. The lowest BCUT2D eigenvalue weighted by atomic mass is 10.2. The Balaban J connectivity index is 2.26. The van der Waals surface area contributed by atoms with E-state index in [0.717, 1.165) is 19.9 Å².